The molecule has 1 aromatic carbocycles. The van der Waals surface area contributed by atoms with Crippen molar-refractivity contribution in [1.29, 1.82) is 0 Å². The van der Waals surface area contributed by atoms with Crippen molar-refractivity contribution in [3.8, 4) is 5.75 Å². The molecule has 2 heterocycles. The summed E-state index contributed by atoms with van der Waals surface area (Å²) in [5, 5.41) is 0. The molecule has 0 aromatic heterocycles. The van der Waals surface area contributed by atoms with Crippen LogP contribution in [0.3, 0.4) is 0 Å². The fraction of sp³-hybridized carbons (Fsp3) is 0.636. The number of allylic oxidation sites excluding steroid dienone is 3. The number of rotatable bonds is 14. The van der Waals surface area contributed by atoms with Crippen molar-refractivity contribution in [2.45, 2.75) is 143 Å². The van der Waals surface area contributed by atoms with E-state index in [9.17, 15) is 9.59 Å². The lowest BCUT2D eigenvalue weighted by atomic mass is 9.86. The minimum absolute atomic E-state index is 0.0488. The maximum atomic E-state index is 13.6. The quantitative estimate of drug-likeness (QED) is 0.0803. The summed E-state index contributed by atoms with van der Waals surface area (Å²) in [5.74, 6) is 0.174. The normalized spacial score (nSPS) is 27.1. The summed E-state index contributed by atoms with van der Waals surface area (Å²) in [7, 11) is 1.00. The molecule has 3 rings (SSSR count). The molecule has 2 aliphatic heterocycles. The summed E-state index contributed by atoms with van der Waals surface area (Å²) in [6.45, 7) is 23.0. The number of fused-ring (bicyclic) bond motifs is 2. The van der Waals surface area contributed by atoms with Gasteiger partial charge in [0, 0.05) is 37.9 Å². The zero-order chi connectivity index (χ0) is 39.3. The molecule has 0 N–H and O–H groups in total. The number of carbonyl (C=O) groups excluding carboxylic acids is 2. The molecule has 53 heavy (non-hydrogen) atoms. The molecular formula is C44H68O8Si. The van der Waals surface area contributed by atoms with Gasteiger partial charge in [-0.3, -0.25) is 4.79 Å². The molecule has 296 valence electrons. The molecule has 1 aromatic rings. The first-order valence-corrected chi connectivity index (χ1v) is 21.8. The number of ether oxygens (including phenoxy) is 5. The van der Waals surface area contributed by atoms with Crippen LogP contribution in [0, 0.1) is 17.8 Å². The smallest absolute Gasteiger partial charge is 0.330 e. The van der Waals surface area contributed by atoms with Crippen molar-refractivity contribution >= 4 is 20.3 Å². The van der Waals surface area contributed by atoms with Crippen molar-refractivity contribution < 1.29 is 37.7 Å². The summed E-state index contributed by atoms with van der Waals surface area (Å²) < 4.78 is 37.1. The molecule has 0 radical (unpaired) electrons. The Hall–Kier alpha value is -2.98. The SMILES string of the molecule is COc1ccc(COC/C=C(\C)[C@H](OC)[C@@H](C)[C@@H]2C[C@H](O[Si](C(C)C)(C(C)C)C(C)C)/C(C)=C/C=C/[C@@H](C)[C@H]3C[C@@H](C/C=C/C(=O)O2)CC(=O)O3)cc1. The third-order valence-electron chi connectivity index (χ3n) is 11.4. The van der Waals surface area contributed by atoms with Crippen LogP contribution in [0.4, 0.5) is 0 Å². The van der Waals surface area contributed by atoms with Gasteiger partial charge in [-0.1, -0.05) is 97.9 Å². The highest BCUT2D eigenvalue weighted by atomic mass is 28.4. The van der Waals surface area contributed by atoms with Crippen molar-refractivity contribution in [2.24, 2.45) is 17.8 Å². The summed E-state index contributed by atoms with van der Waals surface area (Å²) >= 11 is 0. The maximum absolute atomic E-state index is 13.6. The number of hydrogen-bond acceptors (Lipinski definition) is 8. The second-order valence-corrected chi connectivity index (χ2v) is 21.5. The van der Waals surface area contributed by atoms with Gasteiger partial charge in [0.1, 0.15) is 18.0 Å². The van der Waals surface area contributed by atoms with Crippen molar-refractivity contribution in [3.63, 3.8) is 0 Å². The Morgan fingerprint density at radius 1 is 0.962 bits per heavy atom. The predicted molar refractivity (Wildman–Crippen MR) is 215 cm³/mol. The average Bonchev–Trinajstić information content (AvgIpc) is 3.10. The fourth-order valence-electron chi connectivity index (χ4n) is 8.35. The van der Waals surface area contributed by atoms with Gasteiger partial charge in [0.15, 0.2) is 0 Å². The number of esters is 2. The average molecular weight is 753 g/mol. The van der Waals surface area contributed by atoms with Crippen LogP contribution in [-0.2, 0) is 39.6 Å². The molecule has 0 unspecified atom stereocenters. The Kier molecular flexibility index (Phi) is 17.8. The van der Waals surface area contributed by atoms with E-state index in [1.807, 2.05) is 43.3 Å². The molecule has 0 aliphatic carbocycles. The lowest BCUT2D eigenvalue weighted by Crippen LogP contribution is -2.51. The first-order valence-electron chi connectivity index (χ1n) is 19.6. The molecule has 0 spiro atoms. The number of cyclic esters (lactones) is 1. The summed E-state index contributed by atoms with van der Waals surface area (Å²) in [4.78, 5) is 26.1. The topological polar surface area (TPSA) is 89.5 Å². The van der Waals surface area contributed by atoms with Crippen LogP contribution in [0.1, 0.15) is 100 Å². The summed E-state index contributed by atoms with van der Waals surface area (Å²) in [6.07, 6.45) is 12.6. The number of methoxy groups -OCH3 is 2. The van der Waals surface area contributed by atoms with E-state index in [4.69, 9.17) is 28.1 Å². The molecule has 1 fully saturated rings. The Labute approximate surface area is 321 Å². The van der Waals surface area contributed by atoms with E-state index in [1.54, 1.807) is 14.2 Å². The Morgan fingerprint density at radius 3 is 2.23 bits per heavy atom. The molecule has 0 amide bonds. The Morgan fingerprint density at radius 2 is 1.62 bits per heavy atom. The zero-order valence-corrected chi connectivity index (χ0v) is 35.6. The van der Waals surface area contributed by atoms with E-state index < -0.39 is 20.4 Å². The first kappa shape index (κ1) is 44.4. The van der Waals surface area contributed by atoms with Crippen LogP contribution in [-0.4, -0.2) is 65.5 Å². The highest BCUT2D eigenvalue weighted by Crippen LogP contribution is 2.44. The van der Waals surface area contributed by atoms with E-state index in [2.05, 4.69) is 80.5 Å². The van der Waals surface area contributed by atoms with Crippen LogP contribution in [0.5, 0.6) is 5.75 Å². The molecule has 7 atom stereocenters. The number of hydrogen-bond donors (Lipinski definition) is 0. The third-order valence-corrected chi connectivity index (χ3v) is 17.5. The van der Waals surface area contributed by atoms with E-state index in [0.717, 1.165) is 28.9 Å². The van der Waals surface area contributed by atoms with Gasteiger partial charge in [0.05, 0.1) is 32.5 Å². The van der Waals surface area contributed by atoms with Gasteiger partial charge in [0.25, 0.3) is 0 Å². The zero-order valence-electron chi connectivity index (χ0n) is 34.6. The van der Waals surface area contributed by atoms with Crippen LogP contribution >= 0.6 is 0 Å². The van der Waals surface area contributed by atoms with Gasteiger partial charge in [0.2, 0.25) is 8.32 Å². The van der Waals surface area contributed by atoms with Crippen molar-refractivity contribution in [2.75, 3.05) is 20.8 Å². The highest BCUT2D eigenvalue weighted by molar-refractivity contribution is 6.77. The summed E-state index contributed by atoms with van der Waals surface area (Å²) in [6, 6.07) is 7.84. The van der Waals surface area contributed by atoms with Crippen LogP contribution in [0.25, 0.3) is 0 Å². The van der Waals surface area contributed by atoms with Crippen LogP contribution < -0.4 is 4.74 Å². The second-order valence-electron chi connectivity index (χ2n) is 16.1. The standard InChI is InChI=1S/C44H68O8Si/c1-29(2)53(30(3)4,31(5)6)52-40-27-41(35(10)44(48-12)34(9)23-24-49-28-36-19-21-38(47-11)22-20-36)51-42(45)18-14-17-37-25-39(50-43(46)26-37)32(7)15-13-16-33(40)8/h13-16,18-23,29-32,35,37,39-41,44H,17,24-28H2,1-12H3/b15-13+,18-14+,33-16+,34-23+/t32-,35+,37-,39-,40+,41+,44+/m1/s1. The maximum Gasteiger partial charge on any atom is 0.330 e. The van der Waals surface area contributed by atoms with E-state index >= 15 is 0 Å². The van der Waals surface area contributed by atoms with E-state index in [1.165, 1.54) is 6.08 Å². The second kappa shape index (κ2) is 21.2. The van der Waals surface area contributed by atoms with Crippen molar-refractivity contribution in [1.82, 2.24) is 0 Å². The number of benzene rings is 1. The molecule has 8 nitrogen and oxygen atoms in total. The first-order chi connectivity index (χ1) is 25.1. The van der Waals surface area contributed by atoms with Gasteiger partial charge in [-0.05, 0) is 78.1 Å². The molecule has 2 aliphatic rings. The van der Waals surface area contributed by atoms with Gasteiger partial charge < -0.3 is 28.1 Å². The summed E-state index contributed by atoms with van der Waals surface area (Å²) in [5.41, 5.74) is 4.24. The van der Waals surface area contributed by atoms with E-state index in [-0.39, 0.29) is 42.0 Å². The Bertz CT molecular complexity index is 1400. The molecule has 2 bridgehead atoms. The fourth-order valence-corrected chi connectivity index (χ4v) is 13.9. The number of carbonyl (C=O) groups is 2. The largest absolute Gasteiger partial charge is 0.497 e. The van der Waals surface area contributed by atoms with Gasteiger partial charge in [-0.15, -0.1) is 0 Å². The minimum atomic E-state index is -2.36. The predicted octanol–water partition coefficient (Wildman–Crippen LogP) is 10.1. The lowest BCUT2D eigenvalue weighted by Gasteiger charge is -2.45. The Balaban J connectivity index is 1.99. The molecule has 0 saturated carbocycles. The third kappa shape index (κ3) is 12.5. The lowest BCUT2D eigenvalue weighted by molar-refractivity contribution is -0.158. The molecular weight excluding hydrogens is 685 g/mol. The highest BCUT2D eigenvalue weighted by Gasteiger charge is 2.47. The molecule has 1 saturated heterocycles. The van der Waals surface area contributed by atoms with Gasteiger partial charge in [-0.2, -0.15) is 0 Å². The monoisotopic (exact) mass is 752 g/mol. The van der Waals surface area contributed by atoms with Crippen molar-refractivity contribution in [3.05, 3.63) is 77.4 Å². The molecule has 9 heteroatoms. The van der Waals surface area contributed by atoms with Crippen LogP contribution in [0.15, 0.2) is 71.9 Å². The van der Waals surface area contributed by atoms with Gasteiger partial charge in [-0.25, -0.2) is 4.79 Å². The van der Waals surface area contributed by atoms with E-state index in [0.29, 0.717) is 49.1 Å². The minimum Gasteiger partial charge on any atom is -0.497 e. The van der Waals surface area contributed by atoms with Crippen LogP contribution in [0.2, 0.25) is 16.6 Å². The van der Waals surface area contributed by atoms with Gasteiger partial charge >= 0.3 is 11.9 Å².